The van der Waals surface area contributed by atoms with Gasteiger partial charge >= 0.3 is 7.12 Å². The van der Waals surface area contributed by atoms with E-state index in [4.69, 9.17) is 9.31 Å². The van der Waals surface area contributed by atoms with Crippen LogP contribution in [-0.4, -0.2) is 18.3 Å². The third-order valence-corrected chi connectivity index (χ3v) is 5.58. The number of allylic oxidation sites excluding steroid dienone is 2. The van der Waals surface area contributed by atoms with Gasteiger partial charge in [-0.15, -0.1) is 0 Å². The van der Waals surface area contributed by atoms with E-state index < -0.39 is 0 Å². The van der Waals surface area contributed by atoms with Crippen LogP contribution in [-0.2, 0) is 15.7 Å². The van der Waals surface area contributed by atoms with Gasteiger partial charge in [-0.05, 0) is 52.5 Å². The summed E-state index contributed by atoms with van der Waals surface area (Å²) >= 11 is 0. The van der Waals surface area contributed by atoms with Crippen molar-refractivity contribution in [1.29, 1.82) is 0 Å². The average molecular weight is 342 g/mol. The van der Waals surface area contributed by atoms with E-state index in [-0.39, 0.29) is 18.3 Å². The number of rotatable bonds is 8. The first kappa shape index (κ1) is 20.3. The van der Waals surface area contributed by atoms with Gasteiger partial charge < -0.3 is 9.31 Å². The molecule has 3 heteroatoms. The normalized spacial score (nSPS) is 19.8. The first-order valence-corrected chi connectivity index (χ1v) is 9.88. The first-order chi connectivity index (χ1) is 11.8. The second kappa shape index (κ2) is 8.55. The van der Waals surface area contributed by atoms with Crippen LogP contribution < -0.4 is 0 Å². The summed E-state index contributed by atoms with van der Waals surface area (Å²) in [4.78, 5) is 0. The van der Waals surface area contributed by atoms with E-state index in [0.717, 1.165) is 32.0 Å². The van der Waals surface area contributed by atoms with E-state index in [1.54, 1.807) is 5.57 Å². The lowest BCUT2D eigenvalue weighted by atomic mass is 9.76. The molecule has 138 valence electrons. The van der Waals surface area contributed by atoms with Crippen LogP contribution in [0.2, 0.25) is 6.32 Å². The van der Waals surface area contributed by atoms with Gasteiger partial charge in [0.05, 0.1) is 11.2 Å². The molecule has 0 atom stereocenters. The molecule has 2 nitrogen and oxygen atoms in total. The summed E-state index contributed by atoms with van der Waals surface area (Å²) in [5.41, 5.74) is 4.00. The van der Waals surface area contributed by atoms with Crippen molar-refractivity contribution in [3.63, 3.8) is 0 Å². The fraction of sp³-hybridized carbons (Fsp3) is 0.636. The second-order valence-corrected chi connectivity index (χ2v) is 8.26. The summed E-state index contributed by atoms with van der Waals surface area (Å²) in [6.45, 7) is 13.1. The summed E-state index contributed by atoms with van der Waals surface area (Å²) < 4.78 is 12.5. The predicted molar refractivity (Wildman–Crippen MR) is 108 cm³/mol. The fourth-order valence-electron chi connectivity index (χ4n) is 3.51. The van der Waals surface area contributed by atoms with Gasteiger partial charge in [-0.25, -0.2) is 0 Å². The first-order valence-electron chi connectivity index (χ1n) is 9.88. The molecule has 0 unspecified atom stereocenters. The minimum Gasteiger partial charge on any atom is -0.403 e. The van der Waals surface area contributed by atoms with Crippen LogP contribution in [0.1, 0.15) is 72.8 Å². The Morgan fingerprint density at radius 2 is 1.36 bits per heavy atom. The molecule has 0 bridgehead atoms. The summed E-state index contributed by atoms with van der Waals surface area (Å²) in [6, 6.07) is 10.8. The van der Waals surface area contributed by atoms with Crippen LogP contribution in [0.5, 0.6) is 0 Å². The van der Waals surface area contributed by atoms with Crippen LogP contribution in [0.25, 0.3) is 0 Å². The lowest BCUT2D eigenvalue weighted by Gasteiger charge is -2.32. The molecule has 0 amide bonds. The van der Waals surface area contributed by atoms with Gasteiger partial charge in [0.15, 0.2) is 0 Å². The van der Waals surface area contributed by atoms with Gasteiger partial charge in [-0.3, -0.25) is 0 Å². The van der Waals surface area contributed by atoms with Gasteiger partial charge in [0.25, 0.3) is 0 Å². The van der Waals surface area contributed by atoms with E-state index in [0.29, 0.717) is 0 Å². The molecule has 1 heterocycles. The molecule has 1 aromatic rings. The Balaban J connectivity index is 2.21. The fourth-order valence-corrected chi connectivity index (χ4v) is 3.51. The van der Waals surface area contributed by atoms with Crippen LogP contribution in [0.15, 0.2) is 41.5 Å². The molecule has 1 aliphatic heterocycles. The Labute approximate surface area is 155 Å². The maximum absolute atomic E-state index is 6.26. The van der Waals surface area contributed by atoms with E-state index in [9.17, 15) is 0 Å². The molecule has 0 saturated carbocycles. The monoisotopic (exact) mass is 342 g/mol. The van der Waals surface area contributed by atoms with Crippen LogP contribution in [0, 0.1) is 0 Å². The summed E-state index contributed by atoms with van der Waals surface area (Å²) in [7, 11) is -0.130. The molecule has 0 spiro atoms. The predicted octanol–water partition coefficient (Wildman–Crippen LogP) is 6.22. The standard InChI is InChI=1S/C22H35BO2/c1-7-12-19(16-18-14-10-9-11-15-18)20(13-8-2)17-23-24-21(3,4)22(5,6)25-23/h9-11,14-15H,7-8,12-13,16-17H2,1-6H3/b20-19+. The van der Waals surface area contributed by atoms with Crippen molar-refractivity contribution in [1.82, 2.24) is 0 Å². The van der Waals surface area contributed by atoms with Crippen LogP contribution >= 0.6 is 0 Å². The molecule has 1 saturated heterocycles. The Kier molecular flexibility index (Phi) is 6.93. The quantitative estimate of drug-likeness (QED) is 0.412. The highest BCUT2D eigenvalue weighted by Gasteiger charge is 2.50. The largest absolute Gasteiger partial charge is 0.462 e. The zero-order valence-corrected chi connectivity index (χ0v) is 17.0. The molecular formula is C22H35BO2. The second-order valence-electron chi connectivity index (χ2n) is 8.26. The molecule has 1 aromatic carbocycles. The van der Waals surface area contributed by atoms with E-state index in [2.05, 4.69) is 71.9 Å². The van der Waals surface area contributed by atoms with Crippen molar-refractivity contribution in [2.24, 2.45) is 0 Å². The third-order valence-electron chi connectivity index (χ3n) is 5.58. The zero-order chi connectivity index (χ0) is 18.5. The van der Waals surface area contributed by atoms with Gasteiger partial charge in [-0.1, -0.05) is 68.2 Å². The molecule has 1 fully saturated rings. The summed E-state index contributed by atoms with van der Waals surface area (Å²) in [5, 5.41) is 0. The van der Waals surface area contributed by atoms with Crippen LogP contribution in [0.4, 0.5) is 0 Å². The maximum atomic E-state index is 6.26. The van der Waals surface area contributed by atoms with Crippen LogP contribution in [0.3, 0.4) is 0 Å². The highest BCUT2D eigenvalue weighted by molar-refractivity contribution is 6.46. The van der Waals surface area contributed by atoms with E-state index in [1.165, 1.54) is 17.6 Å². The van der Waals surface area contributed by atoms with Gasteiger partial charge in [-0.2, -0.15) is 0 Å². The number of hydrogen-bond acceptors (Lipinski definition) is 2. The smallest absolute Gasteiger partial charge is 0.403 e. The lowest BCUT2D eigenvalue weighted by molar-refractivity contribution is 0.00578. The number of hydrogen-bond donors (Lipinski definition) is 0. The molecular weight excluding hydrogens is 307 g/mol. The SMILES string of the molecule is CCC/C(CB1OC(C)(C)C(C)(C)O1)=C(/CCC)Cc1ccccc1. The zero-order valence-electron chi connectivity index (χ0n) is 17.0. The molecule has 2 rings (SSSR count). The minimum absolute atomic E-state index is 0.130. The molecule has 25 heavy (non-hydrogen) atoms. The highest BCUT2D eigenvalue weighted by Crippen LogP contribution is 2.39. The van der Waals surface area contributed by atoms with E-state index in [1.807, 2.05) is 0 Å². The Morgan fingerprint density at radius 3 is 1.88 bits per heavy atom. The van der Waals surface area contributed by atoms with Gasteiger partial charge in [0.2, 0.25) is 0 Å². The Bertz CT molecular complexity index is 559. The van der Waals surface area contributed by atoms with E-state index >= 15 is 0 Å². The van der Waals surface area contributed by atoms with Crippen molar-refractivity contribution < 1.29 is 9.31 Å². The third kappa shape index (κ3) is 5.21. The summed E-state index contributed by atoms with van der Waals surface area (Å²) in [5.74, 6) is 0. The van der Waals surface area contributed by atoms with Gasteiger partial charge in [0.1, 0.15) is 0 Å². The molecule has 0 N–H and O–H groups in total. The molecule has 0 aliphatic carbocycles. The Morgan fingerprint density at radius 1 is 0.840 bits per heavy atom. The molecule has 0 aromatic heterocycles. The lowest BCUT2D eigenvalue weighted by Crippen LogP contribution is -2.41. The minimum atomic E-state index is -0.251. The topological polar surface area (TPSA) is 18.5 Å². The maximum Gasteiger partial charge on any atom is 0.462 e. The van der Waals surface area contributed by atoms with Crippen molar-refractivity contribution in [3.05, 3.63) is 47.0 Å². The number of benzene rings is 1. The Hall–Kier alpha value is -1.06. The van der Waals surface area contributed by atoms with Crippen molar-refractivity contribution in [2.45, 2.75) is 91.2 Å². The highest BCUT2D eigenvalue weighted by atomic mass is 16.7. The van der Waals surface area contributed by atoms with Crippen molar-refractivity contribution >= 4 is 7.12 Å². The van der Waals surface area contributed by atoms with Gasteiger partial charge in [0, 0.05) is 6.32 Å². The average Bonchev–Trinajstić information content (AvgIpc) is 2.74. The van der Waals surface area contributed by atoms with Crippen molar-refractivity contribution in [2.75, 3.05) is 0 Å². The van der Waals surface area contributed by atoms with Crippen molar-refractivity contribution in [3.8, 4) is 0 Å². The summed E-state index contributed by atoms with van der Waals surface area (Å²) in [6.07, 6.45) is 6.57. The molecule has 0 radical (unpaired) electrons. The molecule has 1 aliphatic rings.